The zero-order valence-electron chi connectivity index (χ0n) is 10.5. The molecule has 0 saturated carbocycles. The van der Waals surface area contributed by atoms with Crippen molar-refractivity contribution in [1.29, 1.82) is 0 Å². The molecule has 0 aliphatic heterocycles. The molecular weight excluding hydrogens is 234 g/mol. The number of aromatic nitrogens is 1. The molecule has 0 atom stereocenters. The molecule has 1 aromatic heterocycles. The van der Waals surface area contributed by atoms with Crippen LogP contribution in [0.4, 0.5) is 8.78 Å². The first-order valence-electron chi connectivity index (χ1n) is 5.96. The smallest absolute Gasteiger partial charge is 0.135 e. The van der Waals surface area contributed by atoms with Crippen LogP contribution in [-0.2, 0) is 13.0 Å². The fraction of sp³-hybridized carbons (Fsp3) is 0.286. The summed E-state index contributed by atoms with van der Waals surface area (Å²) in [6.07, 6.45) is 2.67. The molecule has 1 heterocycles. The van der Waals surface area contributed by atoms with Crippen molar-refractivity contribution in [3.05, 3.63) is 47.2 Å². The molecule has 0 amide bonds. The number of hydrogen-bond donors (Lipinski definition) is 2. The molecule has 1 aromatic carbocycles. The van der Waals surface area contributed by atoms with E-state index in [4.69, 9.17) is 0 Å². The summed E-state index contributed by atoms with van der Waals surface area (Å²) < 4.78 is 26.7. The van der Waals surface area contributed by atoms with E-state index >= 15 is 0 Å². The molecule has 0 fully saturated rings. The molecular formula is C14H16F2N2. The minimum Gasteiger partial charge on any atom is -0.361 e. The van der Waals surface area contributed by atoms with E-state index in [-0.39, 0.29) is 0 Å². The summed E-state index contributed by atoms with van der Waals surface area (Å²) in [6.45, 7) is 2.75. The lowest BCUT2D eigenvalue weighted by molar-refractivity contribution is 0.585. The van der Waals surface area contributed by atoms with Crippen molar-refractivity contribution < 1.29 is 8.78 Å². The predicted molar refractivity (Wildman–Crippen MR) is 68.3 cm³/mol. The predicted octanol–water partition coefficient (Wildman–Crippen LogP) is 3.24. The van der Waals surface area contributed by atoms with Crippen molar-refractivity contribution >= 4 is 0 Å². The first-order valence-corrected chi connectivity index (χ1v) is 5.96. The Morgan fingerprint density at radius 3 is 2.67 bits per heavy atom. The summed E-state index contributed by atoms with van der Waals surface area (Å²) >= 11 is 0. The Bertz CT molecular complexity index is 547. The third-order valence-corrected chi connectivity index (χ3v) is 3.00. The summed E-state index contributed by atoms with van der Waals surface area (Å²) in [4.78, 5) is 3.08. The minimum absolute atomic E-state index is 0.413. The van der Waals surface area contributed by atoms with Crippen LogP contribution in [0.3, 0.4) is 0 Å². The van der Waals surface area contributed by atoms with Crippen molar-refractivity contribution in [2.45, 2.75) is 19.9 Å². The number of benzene rings is 1. The SMILES string of the molecule is CCc1c(CNC)c[nH]c1-c1ccc(F)cc1F. The number of halogens is 2. The average molecular weight is 250 g/mol. The van der Waals surface area contributed by atoms with Crippen LogP contribution < -0.4 is 5.32 Å². The van der Waals surface area contributed by atoms with E-state index in [0.717, 1.165) is 35.9 Å². The van der Waals surface area contributed by atoms with Gasteiger partial charge in [-0.25, -0.2) is 8.78 Å². The molecule has 0 spiro atoms. The number of H-pyrrole nitrogens is 1. The van der Waals surface area contributed by atoms with Gasteiger partial charge in [-0.05, 0) is 36.7 Å². The summed E-state index contributed by atoms with van der Waals surface area (Å²) in [5.41, 5.74) is 3.32. The molecule has 0 radical (unpaired) electrons. The molecule has 0 aliphatic carbocycles. The molecule has 2 rings (SSSR count). The summed E-state index contributed by atoms with van der Waals surface area (Å²) in [5, 5.41) is 3.07. The molecule has 0 aliphatic rings. The monoisotopic (exact) mass is 250 g/mol. The first kappa shape index (κ1) is 12.8. The van der Waals surface area contributed by atoms with Crippen LogP contribution in [0.5, 0.6) is 0 Å². The third kappa shape index (κ3) is 2.29. The second kappa shape index (κ2) is 5.31. The fourth-order valence-electron chi connectivity index (χ4n) is 2.18. The maximum Gasteiger partial charge on any atom is 0.135 e. The molecule has 2 N–H and O–H groups in total. The van der Waals surface area contributed by atoms with Gasteiger partial charge >= 0.3 is 0 Å². The van der Waals surface area contributed by atoms with Crippen molar-refractivity contribution in [2.24, 2.45) is 0 Å². The topological polar surface area (TPSA) is 27.8 Å². The molecule has 96 valence electrons. The normalized spacial score (nSPS) is 10.9. The minimum atomic E-state index is -0.559. The van der Waals surface area contributed by atoms with Gasteiger partial charge in [-0.2, -0.15) is 0 Å². The highest BCUT2D eigenvalue weighted by Crippen LogP contribution is 2.28. The van der Waals surface area contributed by atoms with Gasteiger partial charge in [0.25, 0.3) is 0 Å². The van der Waals surface area contributed by atoms with Gasteiger partial charge in [-0.3, -0.25) is 0 Å². The second-order valence-corrected chi connectivity index (χ2v) is 4.18. The highest BCUT2D eigenvalue weighted by molar-refractivity contribution is 5.66. The maximum absolute atomic E-state index is 13.8. The van der Waals surface area contributed by atoms with Crippen molar-refractivity contribution in [3.8, 4) is 11.3 Å². The number of aromatic amines is 1. The maximum atomic E-state index is 13.8. The molecule has 0 unspecified atom stereocenters. The first-order chi connectivity index (χ1) is 8.67. The lowest BCUT2D eigenvalue weighted by atomic mass is 10.0. The lowest BCUT2D eigenvalue weighted by Crippen LogP contribution is -2.06. The Balaban J connectivity index is 2.50. The lowest BCUT2D eigenvalue weighted by Gasteiger charge is -2.06. The Labute approximate surface area is 105 Å². The van der Waals surface area contributed by atoms with Crippen molar-refractivity contribution in [1.82, 2.24) is 10.3 Å². The number of rotatable bonds is 4. The van der Waals surface area contributed by atoms with Crippen LogP contribution in [-0.4, -0.2) is 12.0 Å². The molecule has 0 saturated heterocycles. The molecule has 0 bridgehead atoms. The van der Waals surface area contributed by atoms with E-state index in [1.165, 1.54) is 12.1 Å². The number of nitrogens with one attached hydrogen (secondary N) is 2. The average Bonchev–Trinajstić information content (AvgIpc) is 2.72. The number of hydrogen-bond acceptors (Lipinski definition) is 1. The van der Waals surface area contributed by atoms with E-state index in [1.54, 1.807) is 0 Å². The van der Waals surface area contributed by atoms with Gasteiger partial charge in [-0.1, -0.05) is 6.92 Å². The standard InChI is InChI=1S/C14H16F2N2/c1-3-11-9(7-17-2)8-18-14(11)12-5-4-10(15)6-13(12)16/h4-6,8,17-18H,3,7H2,1-2H3. The molecule has 4 heteroatoms. The van der Waals surface area contributed by atoms with Gasteiger partial charge < -0.3 is 10.3 Å². The summed E-state index contributed by atoms with van der Waals surface area (Å²) in [6, 6.07) is 3.66. The largest absolute Gasteiger partial charge is 0.361 e. The highest BCUT2D eigenvalue weighted by Gasteiger charge is 2.14. The van der Waals surface area contributed by atoms with Gasteiger partial charge in [0.1, 0.15) is 11.6 Å². The molecule has 18 heavy (non-hydrogen) atoms. The van der Waals surface area contributed by atoms with Crippen molar-refractivity contribution in [3.63, 3.8) is 0 Å². The second-order valence-electron chi connectivity index (χ2n) is 4.18. The highest BCUT2D eigenvalue weighted by atomic mass is 19.1. The van der Waals surface area contributed by atoms with Gasteiger partial charge in [0, 0.05) is 24.4 Å². The van der Waals surface area contributed by atoms with Crippen LogP contribution in [0.15, 0.2) is 24.4 Å². The Kier molecular flexibility index (Phi) is 3.77. The van der Waals surface area contributed by atoms with Gasteiger partial charge in [0.2, 0.25) is 0 Å². The van der Waals surface area contributed by atoms with E-state index in [9.17, 15) is 8.78 Å². The summed E-state index contributed by atoms with van der Waals surface area (Å²) in [7, 11) is 1.87. The van der Waals surface area contributed by atoms with Crippen LogP contribution >= 0.6 is 0 Å². The van der Waals surface area contributed by atoms with E-state index in [1.807, 2.05) is 20.2 Å². The fourth-order valence-corrected chi connectivity index (χ4v) is 2.18. The van der Waals surface area contributed by atoms with Crippen LogP contribution in [0.2, 0.25) is 0 Å². The van der Waals surface area contributed by atoms with Crippen LogP contribution in [0, 0.1) is 11.6 Å². The van der Waals surface area contributed by atoms with Gasteiger partial charge in [-0.15, -0.1) is 0 Å². The van der Waals surface area contributed by atoms with Gasteiger partial charge in [0.05, 0.1) is 5.69 Å². The van der Waals surface area contributed by atoms with Gasteiger partial charge in [0.15, 0.2) is 0 Å². The Morgan fingerprint density at radius 2 is 2.06 bits per heavy atom. The Hall–Kier alpha value is -1.68. The van der Waals surface area contributed by atoms with Crippen LogP contribution in [0.25, 0.3) is 11.3 Å². The van der Waals surface area contributed by atoms with Crippen LogP contribution in [0.1, 0.15) is 18.1 Å². The quantitative estimate of drug-likeness (QED) is 0.856. The molecule has 2 aromatic rings. The van der Waals surface area contributed by atoms with E-state index < -0.39 is 11.6 Å². The summed E-state index contributed by atoms with van der Waals surface area (Å²) in [5.74, 6) is -1.10. The van der Waals surface area contributed by atoms with E-state index in [0.29, 0.717) is 5.56 Å². The Morgan fingerprint density at radius 1 is 1.28 bits per heavy atom. The van der Waals surface area contributed by atoms with E-state index in [2.05, 4.69) is 10.3 Å². The zero-order valence-corrected chi connectivity index (χ0v) is 10.5. The van der Waals surface area contributed by atoms with Crippen molar-refractivity contribution in [2.75, 3.05) is 7.05 Å². The third-order valence-electron chi connectivity index (χ3n) is 3.00. The zero-order chi connectivity index (χ0) is 13.1. The molecule has 2 nitrogen and oxygen atoms in total.